The monoisotopic (exact) mass is 410 g/mol. The van der Waals surface area contributed by atoms with E-state index in [-0.39, 0.29) is 5.91 Å². The fourth-order valence-electron chi connectivity index (χ4n) is 3.48. The van der Waals surface area contributed by atoms with Crippen LogP contribution in [0.2, 0.25) is 5.02 Å². The molecule has 29 heavy (non-hydrogen) atoms. The van der Waals surface area contributed by atoms with Crippen molar-refractivity contribution in [3.8, 4) is 17.1 Å². The minimum atomic E-state index is -0.0608. The van der Waals surface area contributed by atoms with E-state index in [9.17, 15) is 4.79 Å². The van der Waals surface area contributed by atoms with E-state index in [1.165, 1.54) is 5.56 Å². The average molecular weight is 411 g/mol. The number of benzene rings is 2. The number of furan rings is 1. The molecule has 1 amide bonds. The molecule has 0 radical (unpaired) electrons. The lowest BCUT2D eigenvalue weighted by molar-refractivity contribution is 0.0598. The van der Waals surface area contributed by atoms with E-state index in [1.807, 2.05) is 47.4 Å². The molecule has 6 heteroatoms. The van der Waals surface area contributed by atoms with E-state index in [0.29, 0.717) is 29.6 Å². The number of nitrogens with zero attached hydrogens (tertiary/aromatic N) is 2. The summed E-state index contributed by atoms with van der Waals surface area (Å²) in [7, 11) is 1.67. The molecule has 0 bridgehead atoms. The Bertz CT molecular complexity index is 959. The number of amides is 1. The Kier molecular flexibility index (Phi) is 5.88. The van der Waals surface area contributed by atoms with Gasteiger partial charge in [-0.3, -0.25) is 9.69 Å². The van der Waals surface area contributed by atoms with Gasteiger partial charge in [-0.25, -0.2) is 0 Å². The highest BCUT2D eigenvalue weighted by Gasteiger charge is 2.24. The summed E-state index contributed by atoms with van der Waals surface area (Å²) in [5, 5.41) is 0.670. The number of ether oxygens (including phenoxy) is 1. The first-order valence-electron chi connectivity index (χ1n) is 9.63. The SMILES string of the molecule is COc1ccc(CN2CCN(C(=O)c3ccc(-c4ccc(Cl)cc4)o3)CC2)cc1. The zero-order valence-corrected chi connectivity index (χ0v) is 17.1. The molecule has 0 aliphatic carbocycles. The number of carbonyl (C=O) groups is 1. The maximum Gasteiger partial charge on any atom is 0.289 e. The number of piperazine rings is 1. The second-order valence-corrected chi connectivity index (χ2v) is 7.52. The Balaban J connectivity index is 1.33. The molecule has 0 N–H and O–H groups in total. The maximum atomic E-state index is 12.8. The number of hydrogen-bond acceptors (Lipinski definition) is 4. The number of carbonyl (C=O) groups excluding carboxylic acids is 1. The highest BCUT2D eigenvalue weighted by atomic mass is 35.5. The summed E-state index contributed by atoms with van der Waals surface area (Å²) >= 11 is 5.93. The van der Waals surface area contributed by atoms with Crippen molar-refractivity contribution >= 4 is 17.5 Å². The van der Waals surface area contributed by atoms with Crippen molar-refractivity contribution < 1.29 is 13.9 Å². The van der Waals surface area contributed by atoms with Crippen molar-refractivity contribution in [2.75, 3.05) is 33.3 Å². The van der Waals surface area contributed by atoms with Gasteiger partial charge in [0.2, 0.25) is 0 Å². The first-order chi connectivity index (χ1) is 14.1. The van der Waals surface area contributed by atoms with Crippen LogP contribution in [-0.2, 0) is 6.54 Å². The minimum absolute atomic E-state index is 0.0608. The second-order valence-electron chi connectivity index (χ2n) is 7.09. The van der Waals surface area contributed by atoms with Gasteiger partial charge < -0.3 is 14.1 Å². The van der Waals surface area contributed by atoms with Gasteiger partial charge in [-0.1, -0.05) is 23.7 Å². The fourth-order valence-corrected chi connectivity index (χ4v) is 3.60. The fraction of sp³-hybridized carbons (Fsp3) is 0.261. The summed E-state index contributed by atoms with van der Waals surface area (Å²) in [5.74, 6) is 1.84. The Morgan fingerprint density at radius 3 is 2.31 bits per heavy atom. The van der Waals surface area contributed by atoms with Crippen LogP contribution in [0.5, 0.6) is 5.75 Å². The van der Waals surface area contributed by atoms with Gasteiger partial charge in [0.25, 0.3) is 5.91 Å². The lowest BCUT2D eigenvalue weighted by Crippen LogP contribution is -2.48. The molecule has 1 saturated heterocycles. The van der Waals surface area contributed by atoms with E-state index in [2.05, 4.69) is 17.0 Å². The van der Waals surface area contributed by atoms with E-state index >= 15 is 0 Å². The van der Waals surface area contributed by atoms with Crippen LogP contribution >= 0.6 is 11.6 Å². The number of methoxy groups -OCH3 is 1. The molecule has 3 aromatic rings. The highest BCUT2D eigenvalue weighted by Crippen LogP contribution is 2.25. The maximum absolute atomic E-state index is 12.8. The molecule has 2 aromatic carbocycles. The third-order valence-electron chi connectivity index (χ3n) is 5.17. The van der Waals surface area contributed by atoms with Crippen LogP contribution in [0.3, 0.4) is 0 Å². The quantitative estimate of drug-likeness (QED) is 0.618. The third kappa shape index (κ3) is 4.63. The molecule has 1 fully saturated rings. The molecule has 0 spiro atoms. The topological polar surface area (TPSA) is 45.9 Å². The lowest BCUT2D eigenvalue weighted by atomic mass is 10.2. The summed E-state index contributed by atoms with van der Waals surface area (Å²) < 4.78 is 11.0. The summed E-state index contributed by atoms with van der Waals surface area (Å²) in [6.45, 7) is 3.91. The van der Waals surface area contributed by atoms with Crippen LogP contribution in [0.15, 0.2) is 65.1 Å². The predicted molar refractivity (Wildman–Crippen MR) is 113 cm³/mol. The van der Waals surface area contributed by atoms with Crippen LogP contribution in [0.4, 0.5) is 0 Å². The summed E-state index contributed by atoms with van der Waals surface area (Å²) in [6.07, 6.45) is 0. The van der Waals surface area contributed by atoms with Crippen molar-refractivity contribution in [3.63, 3.8) is 0 Å². The van der Waals surface area contributed by atoms with Crippen molar-refractivity contribution in [3.05, 3.63) is 77.0 Å². The standard InChI is InChI=1S/C23H23ClN2O3/c1-28-20-8-2-17(3-9-20)16-25-12-14-26(15-13-25)23(27)22-11-10-21(29-22)18-4-6-19(24)7-5-18/h2-11H,12-16H2,1H3. The van der Waals surface area contributed by atoms with Gasteiger partial charge in [0, 0.05) is 43.3 Å². The van der Waals surface area contributed by atoms with Gasteiger partial charge in [-0.2, -0.15) is 0 Å². The Morgan fingerprint density at radius 2 is 1.66 bits per heavy atom. The number of rotatable bonds is 5. The summed E-state index contributed by atoms with van der Waals surface area (Å²) in [4.78, 5) is 17.0. The first-order valence-corrected chi connectivity index (χ1v) is 10.0. The molecular formula is C23H23ClN2O3. The van der Waals surface area contributed by atoms with Crippen LogP contribution in [-0.4, -0.2) is 49.0 Å². The van der Waals surface area contributed by atoms with Crippen molar-refractivity contribution in [2.24, 2.45) is 0 Å². The van der Waals surface area contributed by atoms with E-state index in [1.54, 1.807) is 13.2 Å². The zero-order chi connectivity index (χ0) is 20.2. The van der Waals surface area contributed by atoms with Crippen molar-refractivity contribution in [1.29, 1.82) is 0 Å². The van der Waals surface area contributed by atoms with Gasteiger partial charge in [0.1, 0.15) is 11.5 Å². The van der Waals surface area contributed by atoms with E-state index < -0.39 is 0 Å². The molecule has 0 saturated carbocycles. The van der Waals surface area contributed by atoms with Crippen LogP contribution in [0.25, 0.3) is 11.3 Å². The predicted octanol–water partition coefficient (Wildman–Crippen LogP) is 4.57. The Morgan fingerprint density at radius 1 is 0.966 bits per heavy atom. The van der Waals surface area contributed by atoms with Gasteiger partial charge in [0.05, 0.1) is 7.11 Å². The smallest absolute Gasteiger partial charge is 0.289 e. The van der Waals surface area contributed by atoms with Gasteiger partial charge in [-0.15, -0.1) is 0 Å². The molecule has 0 unspecified atom stereocenters. The number of hydrogen-bond donors (Lipinski definition) is 0. The molecule has 0 atom stereocenters. The first kappa shape index (κ1) is 19.6. The molecule has 1 aliphatic rings. The van der Waals surface area contributed by atoms with Crippen LogP contribution in [0, 0.1) is 0 Å². The van der Waals surface area contributed by atoms with Gasteiger partial charge in [0.15, 0.2) is 5.76 Å². The van der Waals surface area contributed by atoms with Crippen molar-refractivity contribution in [2.45, 2.75) is 6.54 Å². The lowest BCUT2D eigenvalue weighted by Gasteiger charge is -2.34. The molecular weight excluding hydrogens is 388 g/mol. The summed E-state index contributed by atoms with van der Waals surface area (Å²) in [6, 6.07) is 19.1. The molecule has 2 heterocycles. The van der Waals surface area contributed by atoms with Crippen LogP contribution in [0.1, 0.15) is 16.1 Å². The largest absolute Gasteiger partial charge is 0.497 e. The Labute approximate surface area is 175 Å². The number of halogens is 1. The molecule has 1 aliphatic heterocycles. The average Bonchev–Trinajstić information content (AvgIpc) is 3.25. The minimum Gasteiger partial charge on any atom is -0.497 e. The molecule has 4 rings (SSSR count). The molecule has 150 valence electrons. The highest BCUT2D eigenvalue weighted by molar-refractivity contribution is 6.30. The normalized spacial score (nSPS) is 14.8. The van der Waals surface area contributed by atoms with Gasteiger partial charge >= 0.3 is 0 Å². The Hall–Kier alpha value is -2.76. The molecule has 1 aromatic heterocycles. The molecule has 5 nitrogen and oxygen atoms in total. The third-order valence-corrected chi connectivity index (χ3v) is 5.42. The van der Waals surface area contributed by atoms with E-state index in [0.717, 1.165) is 30.9 Å². The van der Waals surface area contributed by atoms with Crippen LogP contribution < -0.4 is 4.74 Å². The zero-order valence-electron chi connectivity index (χ0n) is 16.3. The van der Waals surface area contributed by atoms with Gasteiger partial charge in [-0.05, 0) is 54.1 Å². The second kappa shape index (κ2) is 8.72. The van der Waals surface area contributed by atoms with Crippen molar-refractivity contribution in [1.82, 2.24) is 9.80 Å². The summed E-state index contributed by atoms with van der Waals surface area (Å²) in [5.41, 5.74) is 2.14. The van der Waals surface area contributed by atoms with E-state index in [4.69, 9.17) is 20.8 Å².